The maximum absolute atomic E-state index is 12.4. The summed E-state index contributed by atoms with van der Waals surface area (Å²) in [6, 6.07) is 6.98. The highest BCUT2D eigenvalue weighted by atomic mass is 32.1. The zero-order valence-electron chi connectivity index (χ0n) is 12.6. The van der Waals surface area contributed by atoms with Crippen LogP contribution in [0, 0.1) is 0 Å². The van der Waals surface area contributed by atoms with Crippen molar-refractivity contribution in [1.82, 2.24) is 15.1 Å². The Hall–Kier alpha value is -2.48. The van der Waals surface area contributed by atoms with E-state index >= 15 is 0 Å². The van der Waals surface area contributed by atoms with Crippen molar-refractivity contribution in [3.8, 4) is 5.75 Å². The monoisotopic (exact) mass is 332 g/mol. The molecule has 2 aromatic rings. The molecule has 23 heavy (non-hydrogen) atoms. The fourth-order valence-corrected chi connectivity index (χ4v) is 3.09. The third kappa shape index (κ3) is 3.31. The smallest absolute Gasteiger partial charge is 0.249 e. The lowest BCUT2D eigenvalue weighted by atomic mass is 10.1. The van der Waals surface area contributed by atoms with Gasteiger partial charge in [0, 0.05) is 12.0 Å². The molecule has 0 aliphatic carbocycles. The first-order valence-electron chi connectivity index (χ1n) is 7.17. The summed E-state index contributed by atoms with van der Waals surface area (Å²) in [6.45, 7) is 0.344. The van der Waals surface area contributed by atoms with Crippen molar-refractivity contribution in [2.45, 2.75) is 25.4 Å². The van der Waals surface area contributed by atoms with E-state index in [-0.39, 0.29) is 11.8 Å². The van der Waals surface area contributed by atoms with Gasteiger partial charge >= 0.3 is 0 Å². The van der Waals surface area contributed by atoms with Crippen molar-refractivity contribution >= 4 is 28.3 Å². The zero-order chi connectivity index (χ0) is 16.2. The molecular weight excluding hydrogens is 316 g/mol. The maximum Gasteiger partial charge on any atom is 0.249 e. The number of aromatic nitrogens is 2. The average Bonchev–Trinajstić information content (AvgIpc) is 3.18. The van der Waals surface area contributed by atoms with Crippen LogP contribution in [0.15, 0.2) is 29.8 Å². The number of methoxy groups -OCH3 is 1. The molecule has 2 heterocycles. The van der Waals surface area contributed by atoms with Crippen LogP contribution in [0.2, 0.25) is 0 Å². The Morgan fingerprint density at radius 2 is 2.30 bits per heavy atom. The van der Waals surface area contributed by atoms with Crippen LogP contribution in [0.4, 0.5) is 5.13 Å². The van der Waals surface area contributed by atoms with Crippen LogP contribution in [0.1, 0.15) is 18.4 Å². The van der Waals surface area contributed by atoms with Crippen molar-refractivity contribution in [3.63, 3.8) is 0 Å². The largest absolute Gasteiger partial charge is 0.496 e. The van der Waals surface area contributed by atoms with Gasteiger partial charge in [0.25, 0.3) is 0 Å². The number of anilines is 1. The Balaban J connectivity index is 1.76. The van der Waals surface area contributed by atoms with Crippen molar-refractivity contribution < 1.29 is 14.3 Å². The number of amides is 2. The first kappa shape index (κ1) is 15.4. The Morgan fingerprint density at radius 1 is 1.48 bits per heavy atom. The predicted molar refractivity (Wildman–Crippen MR) is 85.1 cm³/mol. The number of hydrogen-bond acceptors (Lipinski definition) is 6. The molecule has 1 atom stereocenters. The summed E-state index contributed by atoms with van der Waals surface area (Å²) in [5.41, 5.74) is 2.42. The molecule has 7 nitrogen and oxygen atoms in total. The molecular formula is C15H16N4O3S. The topological polar surface area (TPSA) is 84.4 Å². The molecule has 3 rings (SSSR count). The van der Waals surface area contributed by atoms with Crippen molar-refractivity contribution in [1.29, 1.82) is 0 Å². The van der Waals surface area contributed by atoms with E-state index in [1.165, 1.54) is 11.3 Å². The lowest BCUT2D eigenvalue weighted by molar-refractivity contribution is -0.133. The van der Waals surface area contributed by atoms with E-state index < -0.39 is 6.04 Å². The standard InChI is InChI=1S/C15H16N4O3S/c1-22-12-5-3-2-4-10(12)8-19-11(6-7-13(19)20)14(21)17-15-18-16-9-23-15/h2-5,9,11H,6-8H2,1H3,(H,17,18,21). The molecule has 0 radical (unpaired) electrons. The highest BCUT2D eigenvalue weighted by Crippen LogP contribution is 2.26. The summed E-state index contributed by atoms with van der Waals surface area (Å²) in [7, 11) is 1.59. The molecule has 1 fully saturated rings. The predicted octanol–water partition coefficient (Wildman–Crippen LogP) is 1.68. The van der Waals surface area contributed by atoms with E-state index in [9.17, 15) is 9.59 Å². The lowest BCUT2D eigenvalue weighted by Crippen LogP contribution is -2.41. The summed E-state index contributed by atoms with van der Waals surface area (Å²) in [5.74, 6) is 0.436. The van der Waals surface area contributed by atoms with Gasteiger partial charge < -0.3 is 9.64 Å². The van der Waals surface area contributed by atoms with Gasteiger partial charge in [-0.15, -0.1) is 10.2 Å². The third-order valence-electron chi connectivity index (χ3n) is 3.75. The highest BCUT2D eigenvalue weighted by molar-refractivity contribution is 7.13. The van der Waals surface area contributed by atoms with Crippen LogP contribution in [-0.2, 0) is 16.1 Å². The second-order valence-corrected chi connectivity index (χ2v) is 5.95. The second kappa shape index (κ2) is 6.74. The normalized spacial score (nSPS) is 17.3. The van der Waals surface area contributed by atoms with Crippen molar-refractivity contribution in [3.05, 3.63) is 35.3 Å². The molecule has 0 spiro atoms. The molecule has 1 unspecified atom stereocenters. The summed E-state index contributed by atoms with van der Waals surface area (Å²) in [4.78, 5) is 26.2. The van der Waals surface area contributed by atoms with E-state index in [0.29, 0.717) is 30.3 Å². The van der Waals surface area contributed by atoms with Crippen LogP contribution < -0.4 is 10.1 Å². The van der Waals surface area contributed by atoms with E-state index in [0.717, 1.165) is 5.56 Å². The second-order valence-electron chi connectivity index (χ2n) is 5.12. The molecule has 1 aromatic carbocycles. The van der Waals surface area contributed by atoms with Gasteiger partial charge in [0.15, 0.2) is 0 Å². The molecule has 1 saturated heterocycles. The zero-order valence-corrected chi connectivity index (χ0v) is 13.4. The van der Waals surface area contributed by atoms with Crippen molar-refractivity contribution in [2.75, 3.05) is 12.4 Å². The van der Waals surface area contributed by atoms with Crippen LogP contribution in [-0.4, -0.2) is 40.1 Å². The summed E-state index contributed by atoms with van der Waals surface area (Å²) < 4.78 is 5.32. The molecule has 0 bridgehead atoms. The van der Waals surface area contributed by atoms with Gasteiger partial charge in [0.1, 0.15) is 17.3 Å². The molecule has 1 N–H and O–H groups in total. The van der Waals surface area contributed by atoms with Gasteiger partial charge in [-0.05, 0) is 12.5 Å². The summed E-state index contributed by atoms with van der Waals surface area (Å²) in [5, 5.41) is 10.6. The number of carbonyl (C=O) groups excluding carboxylic acids is 2. The van der Waals surface area contributed by atoms with Crippen LogP contribution in [0.5, 0.6) is 5.75 Å². The maximum atomic E-state index is 12.4. The Morgan fingerprint density at radius 3 is 3.04 bits per heavy atom. The first-order valence-corrected chi connectivity index (χ1v) is 8.05. The number of para-hydroxylation sites is 1. The number of benzene rings is 1. The molecule has 120 valence electrons. The lowest BCUT2D eigenvalue weighted by Gasteiger charge is -2.24. The van der Waals surface area contributed by atoms with Gasteiger partial charge in [-0.2, -0.15) is 0 Å². The Bertz CT molecular complexity index is 705. The SMILES string of the molecule is COc1ccccc1CN1C(=O)CCC1C(=O)Nc1nncs1. The average molecular weight is 332 g/mol. The van der Waals surface area contributed by atoms with Crippen LogP contribution in [0.25, 0.3) is 0 Å². The van der Waals surface area contributed by atoms with Gasteiger partial charge in [-0.25, -0.2) is 0 Å². The third-order valence-corrected chi connectivity index (χ3v) is 4.36. The van der Waals surface area contributed by atoms with Gasteiger partial charge in [0.05, 0.1) is 13.7 Å². The number of nitrogens with one attached hydrogen (secondary N) is 1. The van der Waals surface area contributed by atoms with Crippen molar-refractivity contribution in [2.24, 2.45) is 0 Å². The van der Waals surface area contributed by atoms with E-state index in [1.54, 1.807) is 17.5 Å². The quantitative estimate of drug-likeness (QED) is 0.900. The Kier molecular flexibility index (Phi) is 4.52. The fraction of sp³-hybridized carbons (Fsp3) is 0.333. The minimum Gasteiger partial charge on any atom is -0.496 e. The molecule has 2 amide bonds. The van der Waals surface area contributed by atoms with Crippen LogP contribution >= 0.6 is 11.3 Å². The minimum absolute atomic E-state index is 0.0340. The minimum atomic E-state index is -0.503. The highest BCUT2D eigenvalue weighted by Gasteiger charge is 2.36. The fourth-order valence-electron chi connectivity index (χ4n) is 2.64. The van der Waals surface area contributed by atoms with Crippen LogP contribution in [0.3, 0.4) is 0 Å². The van der Waals surface area contributed by atoms with Gasteiger partial charge in [-0.1, -0.05) is 29.5 Å². The molecule has 1 aliphatic heterocycles. The van der Waals surface area contributed by atoms with Gasteiger partial charge in [-0.3, -0.25) is 14.9 Å². The molecule has 0 saturated carbocycles. The Labute approximate surface area is 137 Å². The molecule has 1 aliphatic rings. The molecule has 1 aromatic heterocycles. The van der Waals surface area contributed by atoms with Gasteiger partial charge in [0.2, 0.25) is 16.9 Å². The number of ether oxygens (including phenoxy) is 1. The van der Waals surface area contributed by atoms with E-state index in [4.69, 9.17) is 4.74 Å². The number of likely N-dealkylation sites (tertiary alicyclic amines) is 1. The first-order chi connectivity index (χ1) is 11.2. The van der Waals surface area contributed by atoms with E-state index in [1.807, 2.05) is 24.3 Å². The number of hydrogen-bond donors (Lipinski definition) is 1. The number of carbonyl (C=O) groups is 2. The number of rotatable bonds is 5. The summed E-state index contributed by atoms with van der Waals surface area (Å²) in [6.07, 6.45) is 0.863. The summed E-state index contributed by atoms with van der Waals surface area (Å²) >= 11 is 1.24. The molecule has 8 heteroatoms. The van der Waals surface area contributed by atoms with E-state index in [2.05, 4.69) is 15.5 Å². The number of nitrogens with zero attached hydrogens (tertiary/aromatic N) is 3.